The fourth-order valence-corrected chi connectivity index (χ4v) is 1.63. The lowest BCUT2D eigenvalue weighted by atomic mass is 10.3. The van der Waals surface area contributed by atoms with Gasteiger partial charge in [0.25, 0.3) is 0 Å². The van der Waals surface area contributed by atoms with Crippen LogP contribution in [-0.2, 0) is 9.53 Å². The van der Waals surface area contributed by atoms with E-state index in [0.717, 1.165) is 12.2 Å². The van der Waals surface area contributed by atoms with Crippen LogP contribution in [0.2, 0.25) is 5.02 Å². The molecule has 1 rings (SSSR count). The number of anilines is 1. The zero-order valence-electron chi connectivity index (χ0n) is 9.57. The summed E-state index contributed by atoms with van der Waals surface area (Å²) in [5.41, 5.74) is 1.04. The third-order valence-corrected chi connectivity index (χ3v) is 2.46. The van der Waals surface area contributed by atoms with Crippen LogP contribution in [0.1, 0.15) is 13.8 Å². The van der Waals surface area contributed by atoms with E-state index in [0.29, 0.717) is 18.2 Å². The van der Waals surface area contributed by atoms with Gasteiger partial charge in [0.15, 0.2) is 0 Å². The first-order valence-corrected chi connectivity index (χ1v) is 5.65. The molecule has 0 aliphatic rings. The molecule has 0 saturated carbocycles. The van der Waals surface area contributed by atoms with Crippen molar-refractivity contribution in [3.05, 3.63) is 29.3 Å². The van der Waals surface area contributed by atoms with Crippen LogP contribution in [0.3, 0.4) is 0 Å². The van der Waals surface area contributed by atoms with Crippen molar-refractivity contribution < 1.29 is 9.53 Å². The zero-order valence-corrected chi connectivity index (χ0v) is 10.3. The number of ether oxygens (including phenoxy) is 1. The van der Waals surface area contributed by atoms with Crippen LogP contribution < -0.4 is 4.90 Å². The zero-order chi connectivity index (χ0) is 12.0. The third-order valence-electron chi connectivity index (χ3n) is 2.22. The Hall–Kier alpha value is -1.22. The highest BCUT2D eigenvalue weighted by Crippen LogP contribution is 2.18. The van der Waals surface area contributed by atoms with Crippen LogP contribution in [0.15, 0.2) is 24.3 Å². The normalized spacial score (nSPS) is 9.94. The summed E-state index contributed by atoms with van der Waals surface area (Å²) < 4.78 is 4.91. The second-order valence-electron chi connectivity index (χ2n) is 3.40. The van der Waals surface area contributed by atoms with E-state index < -0.39 is 0 Å². The van der Waals surface area contributed by atoms with Crippen LogP contribution in [0.25, 0.3) is 0 Å². The van der Waals surface area contributed by atoms with Gasteiger partial charge in [0.05, 0.1) is 6.54 Å². The molecule has 0 saturated heterocycles. The molecule has 0 spiro atoms. The Morgan fingerprint density at radius 2 is 2.25 bits per heavy atom. The number of hydrogen-bond acceptors (Lipinski definition) is 3. The van der Waals surface area contributed by atoms with Gasteiger partial charge in [0, 0.05) is 24.2 Å². The van der Waals surface area contributed by atoms with Crippen molar-refractivity contribution in [1.29, 1.82) is 0 Å². The molecule has 0 unspecified atom stereocenters. The van der Waals surface area contributed by atoms with Crippen LogP contribution in [0.5, 0.6) is 0 Å². The smallest absolute Gasteiger partial charge is 0.302 e. The molecule has 88 valence electrons. The molecule has 0 atom stereocenters. The van der Waals surface area contributed by atoms with E-state index in [9.17, 15) is 4.79 Å². The van der Waals surface area contributed by atoms with Gasteiger partial charge in [-0.3, -0.25) is 4.79 Å². The predicted octanol–water partition coefficient (Wildman–Crippen LogP) is 2.73. The van der Waals surface area contributed by atoms with E-state index in [1.54, 1.807) is 0 Å². The van der Waals surface area contributed by atoms with Gasteiger partial charge in [-0.15, -0.1) is 0 Å². The fraction of sp³-hybridized carbons (Fsp3) is 0.417. The summed E-state index contributed by atoms with van der Waals surface area (Å²) in [6.07, 6.45) is 0. The van der Waals surface area contributed by atoms with E-state index in [4.69, 9.17) is 16.3 Å². The first-order chi connectivity index (χ1) is 7.63. The highest BCUT2D eigenvalue weighted by Gasteiger charge is 2.05. The molecular weight excluding hydrogens is 226 g/mol. The lowest BCUT2D eigenvalue weighted by Crippen LogP contribution is -2.27. The molecule has 0 amide bonds. The van der Waals surface area contributed by atoms with E-state index in [-0.39, 0.29) is 5.97 Å². The number of carbonyl (C=O) groups excluding carboxylic acids is 1. The number of nitrogens with zero attached hydrogens (tertiary/aromatic N) is 1. The fourth-order valence-electron chi connectivity index (χ4n) is 1.44. The predicted molar refractivity (Wildman–Crippen MR) is 66.0 cm³/mol. The molecule has 1 aromatic carbocycles. The molecule has 0 aromatic heterocycles. The monoisotopic (exact) mass is 241 g/mol. The number of likely N-dealkylation sites (N-methyl/N-ethyl adjacent to an activating group) is 1. The van der Waals surface area contributed by atoms with E-state index in [1.165, 1.54) is 6.92 Å². The number of carbonyl (C=O) groups is 1. The Morgan fingerprint density at radius 3 is 2.81 bits per heavy atom. The van der Waals surface area contributed by atoms with Crippen LogP contribution in [0.4, 0.5) is 5.69 Å². The summed E-state index contributed by atoms with van der Waals surface area (Å²) >= 11 is 5.92. The summed E-state index contributed by atoms with van der Waals surface area (Å²) in [6, 6.07) is 7.64. The number of rotatable bonds is 5. The minimum absolute atomic E-state index is 0.248. The maximum absolute atomic E-state index is 10.6. The maximum atomic E-state index is 10.6. The highest BCUT2D eigenvalue weighted by molar-refractivity contribution is 6.30. The van der Waals surface area contributed by atoms with Crippen molar-refractivity contribution >= 4 is 23.3 Å². The highest BCUT2D eigenvalue weighted by atomic mass is 35.5. The van der Waals surface area contributed by atoms with Gasteiger partial charge in [-0.1, -0.05) is 17.7 Å². The number of halogens is 1. The number of hydrogen-bond donors (Lipinski definition) is 0. The van der Waals surface area contributed by atoms with Crippen LogP contribution in [0, 0.1) is 0 Å². The van der Waals surface area contributed by atoms with Gasteiger partial charge in [-0.2, -0.15) is 0 Å². The molecule has 0 heterocycles. The summed E-state index contributed by atoms with van der Waals surface area (Å²) in [5.74, 6) is -0.248. The van der Waals surface area contributed by atoms with Gasteiger partial charge in [0.1, 0.15) is 6.61 Å². The first-order valence-electron chi connectivity index (χ1n) is 5.27. The van der Waals surface area contributed by atoms with Gasteiger partial charge >= 0.3 is 5.97 Å². The molecule has 3 nitrogen and oxygen atoms in total. The van der Waals surface area contributed by atoms with Gasteiger partial charge in [-0.05, 0) is 25.1 Å². The van der Waals surface area contributed by atoms with Crippen LogP contribution in [-0.4, -0.2) is 25.7 Å². The van der Waals surface area contributed by atoms with Crippen molar-refractivity contribution in [2.24, 2.45) is 0 Å². The van der Waals surface area contributed by atoms with Gasteiger partial charge < -0.3 is 9.64 Å². The third kappa shape index (κ3) is 4.11. The molecular formula is C12H16ClNO2. The van der Waals surface area contributed by atoms with Crippen molar-refractivity contribution in [1.82, 2.24) is 0 Å². The van der Waals surface area contributed by atoms with Crippen molar-refractivity contribution in [2.45, 2.75) is 13.8 Å². The molecule has 0 bridgehead atoms. The van der Waals surface area contributed by atoms with E-state index >= 15 is 0 Å². The van der Waals surface area contributed by atoms with E-state index in [2.05, 4.69) is 11.8 Å². The molecule has 1 aromatic rings. The summed E-state index contributed by atoms with van der Waals surface area (Å²) in [6.45, 7) is 5.39. The van der Waals surface area contributed by atoms with E-state index in [1.807, 2.05) is 24.3 Å². The molecule has 0 aliphatic heterocycles. The summed E-state index contributed by atoms with van der Waals surface area (Å²) in [7, 11) is 0. The Bertz CT molecular complexity index is 355. The van der Waals surface area contributed by atoms with Crippen LogP contribution >= 0.6 is 11.6 Å². The Kier molecular flexibility index (Phi) is 5.12. The Balaban J connectivity index is 2.57. The largest absolute Gasteiger partial charge is 0.464 e. The molecule has 16 heavy (non-hydrogen) atoms. The first kappa shape index (κ1) is 12.8. The van der Waals surface area contributed by atoms with Gasteiger partial charge in [-0.25, -0.2) is 0 Å². The lowest BCUT2D eigenvalue weighted by molar-refractivity contribution is -0.140. The quantitative estimate of drug-likeness (QED) is 0.743. The van der Waals surface area contributed by atoms with Crippen molar-refractivity contribution in [3.63, 3.8) is 0 Å². The lowest BCUT2D eigenvalue weighted by Gasteiger charge is -2.22. The van der Waals surface area contributed by atoms with Gasteiger partial charge in [0.2, 0.25) is 0 Å². The molecule has 0 radical (unpaired) electrons. The molecule has 0 aliphatic carbocycles. The standard InChI is InChI=1S/C12H16ClNO2/c1-3-14(7-8-16-10(2)15)12-6-4-5-11(13)9-12/h4-6,9H,3,7-8H2,1-2H3. The molecule has 0 N–H and O–H groups in total. The molecule has 0 fully saturated rings. The second kappa shape index (κ2) is 6.38. The minimum atomic E-state index is -0.248. The average Bonchev–Trinajstić information content (AvgIpc) is 2.24. The Morgan fingerprint density at radius 1 is 1.50 bits per heavy atom. The minimum Gasteiger partial charge on any atom is -0.464 e. The molecule has 4 heteroatoms. The topological polar surface area (TPSA) is 29.5 Å². The van der Waals surface area contributed by atoms with Crippen molar-refractivity contribution in [3.8, 4) is 0 Å². The number of esters is 1. The second-order valence-corrected chi connectivity index (χ2v) is 3.84. The summed E-state index contributed by atoms with van der Waals surface area (Å²) in [5, 5.41) is 0.712. The SMILES string of the molecule is CCN(CCOC(C)=O)c1cccc(Cl)c1. The Labute approximate surface area is 101 Å². The number of benzene rings is 1. The average molecular weight is 242 g/mol. The maximum Gasteiger partial charge on any atom is 0.302 e. The van der Waals surface area contributed by atoms with Crippen molar-refractivity contribution in [2.75, 3.05) is 24.6 Å². The summed E-state index contributed by atoms with van der Waals surface area (Å²) in [4.78, 5) is 12.7.